The van der Waals surface area contributed by atoms with Gasteiger partial charge in [-0.15, -0.1) is 0 Å². The third-order valence-electron chi connectivity index (χ3n) is 3.47. The van der Waals surface area contributed by atoms with Crippen molar-refractivity contribution in [2.24, 2.45) is 5.73 Å². The standard InChI is InChI=1S/C16H25BrN2O2/c1-5-13(6-2)19-16(20)11(4)21-15-9-12(17)7-8-14(15)10(3)18/h7-11,13H,5-6,18H2,1-4H3,(H,19,20). The van der Waals surface area contributed by atoms with Crippen LogP contribution in [0.15, 0.2) is 22.7 Å². The van der Waals surface area contributed by atoms with Crippen molar-refractivity contribution in [2.45, 2.75) is 58.7 Å². The molecule has 0 saturated carbocycles. The van der Waals surface area contributed by atoms with E-state index in [2.05, 4.69) is 35.1 Å². The van der Waals surface area contributed by atoms with Gasteiger partial charge < -0.3 is 15.8 Å². The van der Waals surface area contributed by atoms with E-state index in [1.165, 1.54) is 0 Å². The lowest BCUT2D eigenvalue weighted by Gasteiger charge is -2.21. The number of rotatable bonds is 7. The van der Waals surface area contributed by atoms with Gasteiger partial charge in [0, 0.05) is 22.1 Å². The van der Waals surface area contributed by atoms with E-state index >= 15 is 0 Å². The summed E-state index contributed by atoms with van der Waals surface area (Å²) in [5.41, 5.74) is 6.83. The Hall–Kier alpha value is -1.07. The Balaban J connectivity index is 2.80. The van der Waals surface area contributed by atoms with E-state index in [0.717, 1.165) is 22.9 Å². The highest BCUT2D eigenvalue weighted by atomic mass is 79.9. The minimum absolute atomic E-state index is 0.0979. The van der Waals surface area contributed by atoms with Gasteiger partial charge in [0.25, 0.3) is 5.91 Å². The molecule has 0 aromatic heterocycles. The molecular weight excluding hydrogens is 332 g/mol. The molecule has 0 aliphatic rings. The Morgan fingerprint density at radius 3 is 2.48 bits per heavy atom. The molecule has 0 bridgehead atoms. The molecule has 0 saturated heterocycles. The van der Waals surface area contributed by atoms with Crippen LogP contribution in [-0.4, -0.2) is 18.1 Å². The number of nitrogens with one attached hydrogen (secondary N) is 1. The predicted octanol–water partition coefficient (Wildman–Crippen LogP) is 3.54. The van der Waals surface area contributed by atoms with E-state index in [9.17, 15) is 4.79 Å². The first kappa shape index (κ1) is 18.0. The van der Waals surface area contributed by atoms with E-state index in [1.54, 1.807) is 6.92 Å². The van der Waals surface area contributed by atoms with E-state index < -0.39 is 6.10 Å². The van der Waals surface area contributed by atoms with Crippen molar-refractivity contribution < 1.29 is 9.53 Å². The van der Waals surface area contributed by atoms with Gasteiger partial charge in [0.05, 0.1) is 0 Å². The lowest BCUT2D eigenvalue weighted by atomic mass is 10.1. The maximum atomic E-state index is 12.2. The minimum Gasteiger partial charge on any atom is -0.481 e. The second-order valence-corrected chi connectivity index (χ2v) is 6.17. The Bertz CT molecular complexity index is 473. The van der Waals surface area contributed by atoms with Crippen molar-refractivity contribution in [3.63, 3.8) is 0 Å². The molecular formula is C16H25BrN2O2. The van der Waals surface area contributed by atoms with Gasteiger partial charge in [-0.05, 0) is 38.8 Å². The van der Waals surface area contributed by atoms with E-state index in [1.807, 2.05) is 25.1 Å². The first-order valence-electron chi connectivity index (χ1n) is 7.41. The lowest BCUT2D eigenvalue weighted by molar-refractivity contribution is -0.128. The Labute approximate surface area is 135 Å². The third-order valence-corrected chi connectivity index (χ3v) is 3.96. The molecule has 0 heterocycles. The molecule has 2 atom stereocenters. The fourth-order valence-electron chi connectivity index (χ4n) is 2.04. The average Bonchev–Trinajstić information content (AvgIpc) is 2.44. The predicted molar refractivity (Wildman–Crippen MR) is 89.3 cm³/mol. The molecule has 5 heteroatoms. The highest BCUT2D eigenvalue weighted by molar-refractivity contribution is 9.10. The number of benzene rings is 1. The summed E-state index contributed by atoms with van der Waals surface area (Å²) in [4.78, 5) is 12.2. The van der Waals surface area contributed by atoms with E-state index in [4.69, 9.17) is 10.5 Å². The summed E-state index contributed by atoms with van der Waals surface area (Å²) in [5.74, 6) is 0.547. The smallest absolute Gasteiger partial charge is 0.260 e. The van der Waals surface area contributed by atoms with Crippen molar-refractivity contribution in [1.82, 2.24) is 5.32 Å². The summed E-state index contributed by atoms with van der Waals surface area (Å²) < 4.78 is 6.71. The van der Waals surface area contributed by atoms with Gasteiger partial charge in [0.2, 0.25) is 0 Å². The molecule has 0 spiro atoms. The number of ether oxygens (including phenoxy) is 1. The average molecular weight is 357 g/mol. The molecule has 1 rings (SSSR count). The summed E-state index contributed by atoms with van der Waals surface area (Å²) in [6, 6.07) is 5.72. The van der Waals surface area contributed by atoms with Crippen LogP contribution in [0.2, 0.25) is 0 Å². The Kier molecular flexibility index (Phi) is 7.18. The number of carbonyl (C=O) groups is 1. The second-order valence-electron chi connectivity index (χ2n) is 5.25. The third kappa shape index (κ3) is 5.32. The van der Waals surface area contributed by atoms with Gasteiger partial charge >= 0.3 is 0 Å². The van der Waals surface area contributed by atoms with Gasteiger partial charge in [-0.1, -0.05) is 35.8 Å². The van der Waals surface area contributed by atoms with Crippen LogP contribution in [0.25, 0.3) is 0 Å². The SMILES string of the molecule is CCC(CC)NC(=O)C(C)Oc1cc(Br)ccc1C(C)N. The van der Waals surface area contributed by atoms with Gasteiger partial charge in [-0.3, -0.25) is 4.79 Å². The molecule has 2 unspecified atom stereocenters. The van der Waals surface area contributed by atoms with Crippen LogP contribution in [-0.2, 0) is 4.79 Å². The van der Waals surface area contributed by atoms with Gasteiger partial charge in [0.15, 0.2) is 6.10 Å². The number of amides is 1. The highest BCUT2D eigenvalue weighted by Crippen LogP contribution is 2.28. The van der Waals surface area contributed by atoms with Crippen LogP contribution in [0.4, 0.5) is 0 Å². The number of halogens is 1. The molecule has 4 nitrogen and oxygen atoms in total. The first-order valence-corrected chi connectivity index (χ1v) is 8.20. The van der Waals surface area contributed by atoms with Crippen LogP contribution in [0, 0.1) is 0 Å². The first-order chi connectivity index (χ1) is 9.88. The molecule has 1 aromatic rings. The maximum absolute atomic E-state index is 12.2. The van der Waals surface area contributed by atoms with Crippen LogP contribution in [0.5, 0.6) is 5.75 Å². The quantitative estimate of drug-likeness (QED) is 0.785. The van der Waals surface area contributed by atoms with Gasteiger partial charge in [-0.2, -0.15) is 0 Å². The van der Waals surface area contributed by atoms with Crippen molar-refractivity contribution in [1.29, 1.82) is 0 Å². The molecule has 1 amide bonds. The topological polar surface area (TPSA) is 64.3 Å². The zero-order valence-corrected chi connectivity index (χ0v) is 14.7. The zero-order valence-electron chi connectivity index (χ0n) is 13.2. The lowest BCUT2D eigenvalue weighted by Crippen LogP contribution is -2.42. The molecule has 1 aromatic carbocycles. The van der Waals surface area contributed by atoms with E-state index in [0.29, 0.717) is 5.75 Å². The largest absolute Gasteiger partial charge is 0.481 e. The van der Waals surface area contributed by atoms with Gasteiger partial charge in [-0.25, -0.2) is 0 Å². The van der Waals surface area contributed by atoms with Crippen molar-refractivity contribution >= 4 is 21.8 Å². The Morgan fingerprint density at radius 2 is 1.95 bits per heavy atom. The molecule has 0 aliphatic heterocycles. The highest BCUT2D eigenvalue weighted by Gasteiger charge is 2.19. The molecule has 21 heavy (non-hydrogen) atoms. The molecule has 3 N–H and O–H groups in total. The zero-order chi connectivity index (χ0) is 16.0. The molecule has 118 valence electrons. The second kappa shape index (κ2) is 8.39. The van der Waals surface area contributed by atoms with Gasteiger partial charge in [0.1, 0.15) is 5.75 Å². The monoisotopic (exact) mass is 356 g/mol. The van der Waals surface area contributed by atoms with Crippen LogP contribution >= 0.6 is 15.9 Å². The van der Waals surface area contributed by atoms with Crippen LogP contribution in [0.3, 0.4) is 0 Å². The van der Waals surface area contributed by atoms with Crippen molar-refractivity contribution in [3.05, 3.63) is 28.2 Å². The number of nitrogens with two attached hydrogens (primary N) is 1. The summed E-state index contributed by atoms with van der Waals surface area (Å²) in [6.45, 7) is 7.76. The number of hydrogen-bond acceptors (Lipinski definition) is 3. The molecule has 0 aliphatic carbocycles. The van der Waals surface area contributed by atoms with Crippen molar-refractivity contribution in [2.75, 3.05) is 0 Å². The summed E-state index contributed by atoms with van der Waals surface area (Å²) >= 11 is 3.41. The van der Waals surface area contributed by atoms with Crippen LogP contribution in [0.1, 0.15) is 52.1 Å². The van der Waals surface area contributed by atoms with E-state index in [-0.39, 0.29) is 18.0 Å². The summed E-state index contributed by atoms with van der Waals surface area (Å²) in [6.07, 6.45) is 1.27. The van der Waals surface area contributed by atoms with Crippen molar-refractivity contribution in [3.8, 4) is 5.75 Å². The maximum Gasteiger partial charge on any atom is 0.260 e. The Morgan fingerprint density at radius 1 is 1.33 bits per heavy atom. The molecule has 0 fully saturated rings. The normalized spacial score (nSPS) is 13.9. The fourth-order valence-corrected chi connectivity index (χ4v) is 2.38. The fraction of sp³-hybridized carbons (Fsp3) is 0.562. The van der Waals surface area contributed by atoms with Crippen LogP contribution < -0.4 is 15.8 Å². The number of carbonyl (C=O) groups excluding carboxylic acids is 1. The summed E-state index contributed by atoms with van der Waals surface area (Å²) in [5, 5.41) is 2.99. The number of hydrogen-bond donors (Lipinski definition) is 2. The summed E-state index contributed by atoms with van der Waals surface area (Å²) in [7, 11) is 0. The molecule has 0 radical (unpaired) electrons. The minimum atomic E-state index is -0.558.